The minimum atomic E-state index is -0.618. The van der Waals surface area contributed by atoms with Crippen LogP contribution >= 0.6 is 0 Å². The summed E-state index contributed by atoms with van der Waals surface area (Å²) in [5.74, 6) is 0. The Morgan fingerprint density at radius 2 is 2.00 bits per heavy atom. The third-order valence-electron chi connectivity index (χ3n) is 4.34. The largest absolute Gasteiger partial charge is 0.761 e. The SMILES string of the molecule is COC(=O)Nc1ccc(NCC2CCCCN2C(=O)OC(C)(C)C)c(N[O-])c1. The molecule has 2 rings (SSSR count). The maximum Gasteiger partial charge on any atom is 0.411 e. The molecule has 0 aliphatic carbocycles. The molecule has 0 radical (unpaired) electrons. The molecular weight excluding hydrogens is 364 g/mol. The summed E-state index contributed by atoms with van der Waals surface area (Å²) in [5, 5.41) is 17.0. The van der Waals surface area contributed by atoms with Gasteiger partial charge >= 0.3 is 12.2 Å². The minimum absolute atomic E-state index is 0.0315. The molecule has 156 valence electrons. The normalized spacial score (nSPS) is 16.9. The monoisotopic (exact) mass is 393 g/mol. The Balaban J connectivity index is 2.04. The molecule has 1 aromatic carbocycles. The lowest BCUT2D eigenvalue weighted by atomic mass is 10.0. The number of carbonyl (C=O) groups is 2. The van der Waals surface area contributed by atoms with Crippen molar-refractivity contribution in [1.82, 2.24) is 4.90 Å². The topological polar surface area (TPSA) is 115 Å². The van der Waals surface area contributed by atoms with Crippen LogP contribution in [-0.4, -0.2) is 48.9 Å². The molecule has 9 heteroatoms. The number of hydrogen-bond acceptors (Lipinski definition) is 7. The molecule has 1 unspecified atom stereocenters. The summed E-state index contributed by atoms with van der Waals surface area (Å²) in [6, 6.07) is 4.83. The Hall–Kier alpha value is -2.68. The van der Waals surface area contributed by atoms with Gasteiger partial charge in [0.25, 0.3) is 0 Å². The van der Waals surface area contributed by atoms with Gasteiger partial charge in [-0.05, 0) is 58.2 Å². The third kappa shape index (κ3) is 6.19. The number of likely N-dealkylation sites (tertiary alicyclic amines) is 1. The number of amides is 2. The molecule has 0 aromatic heterocycles. The highest BCUT2D eigenvalue weighted by molar-refractivity contribution is 5.87. The zero-order chi connectivity index (χ0) is 20.7. The number of anilines is 3. The highest BCUT2D eigenvalue weighted by atomic mass is 16.6. The maximum absolute atomic E-state index is 12.5. The molecule has 1 saturated heterocycles. The van der Waals surface area contributed by atoms with E-state index in [9.17, 15) is 14.8 Å². The predicted molar refractivity (Wildman–Crippen MR) is 109 cm³/mol. The van der Waals surface area contributed by atoms with Crippen LogP contribution in [0.5, 0.6) is 0 Å². The summed E-state index contributed by atoms with van der Waals surface area (Å²) in [4.78, 5) is 25.5. The van der Waals surface area contributed by atoms with Crippen molar-refractivity contribution in [2.75, 3.05) is 36.3 Å². The van der Waals surface area contributed by atoms with E-state index in [2.05, 4.69) is 15.4 Å². The molecule has 1 aliphatic rings. The number of nitrogens with zero attached hydrogens (tertiary/aromatic N) is 1. The van der Waals surface area contributed by atoms with E-state index in [0.717, 1.165) is 19.3 Å². The van der Waals surface area contributed by atoms with Crippen LogP contribution in [0.1, 0.15) is 40.0 Å². The molecule has 1 atom stereocenters. The van der Waals surface area contributed by atoms with E-state index < -0.39 is 11.7 Å². The van der Waals surface area contributed by atoms with Crippen LogP contribution in [0, 0.1) is 5.21 Å². The van der Waals surface area contributed by atoms with Gasteiger partial charge in [-0.2, -0.15) is 0 Å². The van der Waals surface area contributed by atoms with E-state index in [-0.39, 0.29) is 17.8 Å². The van der Waals surface area contributed by atoms with E-state index in [1.807, 2.05) is 26.3 Å². The number of hydrogen-bond donors (Lipinski definition) is 3. The highest BCUT2D eigenvalue weighted by Crippen LogP contribution is 2.27. The van der Waals surface area contributed by atoms with Gasteiger partial charge in [0, 0.05) is 24.5 Å². The number of piperidine rings is 1. The highest BCUT2D eigenvalue weighted by Gasteiger charge is 2.30. The fourth-order valence-electron chi connectivity index (χ4n) is 3.03. The molecule has 28 heavy (non-hydrogen) atoms. The molecule has 3 N–H and O–H groups in total. The summed E-state index contributed by atoms with van der Waals surface area (Å²) >= 11 is 0. The van der Waals surface area contributed by atoms with Crippen molar-refractivity contribution in [2.45, 2.75) is 51.7 Å². The van der Waals surface area contributed by atoms with Crippen LogP contribution in [0.15, 0.2) is 18.2 Å². The third-order valence-corrected chi connectivity index (χ3v) is 4.34. The van der Waals surface area contributed by atoms with Crippen LogP contribution in [0.2, 0.25) is 0 Å². The molecule has 2 amide bonds. The Labute approximate surface area is 165 Å². The first-order chi connectivity index (χ1) is 13.2. The van der Waals surface area contributed by atoms with Gasteiger partial charge in [0.2, 0.25) is 0 Å². The molecular formula is C19H29N4O5-. The summed E-state index contributed by atoms with van der Waals surface area (Å²) in [7, 11) is 1.26. The van der Waals surface area contributed by atoms with Gasteiger partial charge in [-0.1, -0.05) is 0 Å². The van der Waals surface area contributed by atoms with Crippen LogP contribution in [0.3, 0.4) is 0 Å². The molecule has 1 heterocycles. The molecule has 9 nitrogen and oxygen atoms in total. The second-order valence-corrected chi connectivity index (χ2v) is 7.68. The lowest BCUT2D eigenvalue weighted by Crippen LogP contribution is -2.48. The fourth-order valence-corrected chi connectivity index (χ4v) is 3.03. The fraction of sp³-hybridized carbons (Fsp3) is 0.579. The van der Waals surface area contributed by atoms with Gasteiger partial charge in [-0.25, -0.2) is 9.59 Å². The first-order valence-corrected chi connectivity index (χ1v) is 9.34. The lowest BCUT2D eigenvalue weighted by Gasteiger charge is -2.37. The second kappa shape index (κ2) is 9.50. The number of methoxy groups -OCH3 is 1. The zero-order valence-electron chi connectivity index (χ0n) is 16.8. The van der Waals surface area contributed by atoms with E-state index in [1.54, 1.807) is 17.0 Å². The quantitative estimate of drug-likeness (QED) is 0.648. The Kier molecular flexibility index (Phi) is 7.33. The van der Waals surface area contributed by atoms with Crippen molar-refractivity contribution in [3.8, 4) is 0 Å². The minimum Gasteiger partial charge on any atom is -0.761 e. The Morgan fingerprint density at radius 3 is 2.64 bits per heavy atom. The van der Waals surface area contributed by atoms with E-state index in [0.29, 0.717) is 24.5 Å². The van der Waals surface area contributed by atoms with Crippen LogP contribution in [-0.2, 0) is 9.47 Å². The first kappa shape index (κ1) is 21.6. The lowest BCUT2D eigenvalue weighted by molar-refractivity contribution is 0.0114. The van der Waals surface area contributed by atoms with E-state index >= 15 is 0 Å². The van der Waals surface area contributed by atoms with Crippen LogP contribution in [0.25, 0.3) is 0 Å². The van der Waals surface area contributed by atoms with Crippen molar-refractivity contribution < 1.29 is 19.1 Å². The van der Waals surface area contributed by atoms with Crippen LogP contribution < -0.4 is 16.1 Å². The molecule has 1 aliphatic heterocycles. The standard InChI is InChI=1S/C19H29N4O5/c1-19(2,3)28-18(25)23-10-6-5-7-14(23)12-20-15-9-8-13(11-16(15)22-26)21-17(24)27-4/h8-9,11,14,20,22H,5-7,10,12H2,1-4H3,(H,21,24)/q-1. The average Bonchev–Trinajstić information content (AvgIpc) is 2.65. The number of carbonyl (C=O) groups excluding carboxylic acids is 2. The number of benzene rings is 1. The molecule has 0 spiro atoms. The summed E-state index contributed by atoms with van der Waals surface area (Å²) in [5.41, 5.74) is 2.63. The molecule has 1 fully saturated rings. The summed E-state index contributed by atoms with van der Waals surface area (Å²) < 4.78 is 10.1. The molecule has 0 saturated carbocycles. The van der Waals surface area contributed by atoms with Gasteiger partial charge < -0.3 is 30.4 Å². The van der Waals surface area contributed by atoms with Crippen LogP contribution in [0.4, 0.5) is 26.7 Å². The van der Waals surface area contributed by atoms with E-state index in [1.165, 1.54) is 13.2 Å². The van der Waals surface area contributed by atoms with Crippen molar-refractivity contribution in [1.29, 1.82) is 0 Å². The summed E-state index contributed by atoms with van der Waals surface area (Å²) in [6.07, 6.45) is 1.89. The Morgan fingerprint density at radius 1 is 1.25 bits per heavy atom. The van der Waals surface area contributed by atoms with Gasteiger partial charge in [0.15, 0.2) is 0 Å². The number of nitrogens with one attached hydrogen (secondary N) is 3. The maximum atomic E-state index is 12.5. The van der Waals surface area contributed by atoms with Gasteiger partial charge in [-0.3, -0.25) is 5.32 Å². The number of ether oxygens (including phenoxy) is 2. The van der Waals surface area contributed by atoms with Crippen molar-refractivity contribution >= 4 is 29.2 Å². The van der Waals surface area contributed by atoms with E-state index in [4.69, 9.17) is 4.74 Å². The molecule has 1 aromatic rings. The van der Waals surface area contributed by atoms with Gasteiger partial charge in [0.05, 0.1) is 18.8 Å². The Bertz CT molecular complexity index is 689. The van der Waals surface area contributed by atoms with Gasteiger partial charge in [0.1, 0.15) is 5.60 Å². The van der Waals surface area contributed by atoms with Crippen molar-refractivity contribution in [3.63, 3.8) is 0 Å². The molecule has 0 bridgehead atoms. The second-order valence-electron chi connectivity index (χ2n) is 7.68. The predicted octanol–water partition coefficient (Wildman–Crippen LogP) is 3.98. The average molecular weight is 393 g/mol. The number of rotatable bonds is 5. The van der Waals surface area contributed by atoms with Crippen molar-refractivity contribution in [3.05, 3.63) is 23.4 Å². The van der Waals surface area contributed by atoms with Gasteiger partial charge in [-0.15, -0.1) is 0 Å². The first-order valence-electron chi connectivity index (χ1n) is 9.34. The summed E-state index contributed by atoms with van der Waals surface area (Å²) in [6.45, 7) is 6.67. The zero-order valence-corrected chi connectivity index (χ0v) is 16.8. The smallest absolute Gasteiger partial charge is 0.411 e. The van der Waals surface area contributed by atoms with Crippen molar-refractivity contribution in [2.24, 2.45) is 0 Å².